The number of hydrogen-bond acceptors (Lipinski definition) is 0. The van der Waals surface area contributed by atoms with Gasteiger partial charge in [0, 0.05) is 0 Å². The molecule has 0 heterocycles. The van der Waals surface area contributed by atoms with Crippen molar-refractivity contribution in [2.75, 3.05) is 0 Å². The molecule has 10 aliphatic rings. The van der Waals surface area contributed by atoms with E-state index in [4.69, 9.17) is 0 Å². The molecule has 0 radical (unpaired) electrons. The van der Waals surface area contributed by atoms with Gasteiger partial charge in [-0.05, 0) is 249 Å². The molecule has 0 aromatic heterocycles. The van der Waals surface area contributed by atoms with Gasteiger partial charge >= 0.3 is 0 Å². The Labute approximate surface area is 373 Å². The Bertz CT molecular complexity index is 1230. The SMILES string of the molecule is C(=C(C1CCCCC1)C1CCCC2CCCCC21)C1CCC(C2CCC(C3CCC(C4CCC(C=C(C5CCCCC5)C5CCCC6CCCCC65)CC4)CC3)CC2)CC1. The zero-order valence-corrected chi connectivity index (χ0v) is 39.7. The van der Waals surface area contributed by atoms with Gasteiger partial charge < -0.3 is 0 Å². The van der Waals surface area contributed by atoms with Crippen LogP contribution in [0.25, 0.3) is 0 Å². The molecular weight excluding hydrogens is 721 g/mol. The molecule has 0 spiro atoms. The van der Waals surface area contributed by atoms with Gasteiger partial charge in [-0.2, -0.15) is 0 Å². The molecule has 60 heavy (non-hydrogen) atoms. The van der Waals surface area contributed by atoms with Gasteiger partial charge in [0.1, 0.15) is 0 Å². The van der Waals surface area contributed by atoms with E-state index in [0.717, 1.165) is 94.7 Å². The third-order valence-electron chi connectivity index (χ3n) is 22.3. The Hall–Kier alpha value is -0.520. The average Bonchev–Trinajstić information content (AvgIpc) is 3.33. The first-order valence-electron chi connectivity index (χ1n) is 29.2. The molecule has 0 N–H and O–H groups in total. The second kappa shape index (κ2) is 21.2. The monoisotopic (exact) mass is 819 g/mol. The van der Waals surface area contributed by atoms with E-state index in [-0.39, 0.29) is 0 Å². The van der Waals surface area contributed by atoms with Crippen LogP contribution in [0.15, 0.2) is 23.3 Å². The predicted molar refractivity (Wildman–Crippen MR) is 257 cm³/mol. The van der Waals surface area contributed by atoms with Crippen LogP contribution >= 0.6 is 0 Å². The molecule has 0 bridgehead atoms. The van der Waals surface area contributed by atoms with Gasteiger partial charge in [-0.3, -0.25) is 0 Å². The number of fused-ring (bicyclic) bond motifs is 2. The summed E-state index contributed by atoms with van der Waals surface area (Å²) >= 11 is 0. The fraction of sp³-hybridized carbons (Fsp3) is 0.933. The topological polar surface area (TPSA) is 0 Å². The minimum Gasteiger partial charge on any atom is -0.0816 e. The fourth-order valence-electron chi connectivity index (χ4n) is 19.0. The second-order valence-electron chi connectivity index (χ2n) is 25.2. The van der Waals surface area contributed by atoms with Crippen LogP contribution in [-0.4, -0.2) is 0 Å². The molecule has 6 atom stereocenters. The highest BCUT2D eigenvalue weighted by Crippen LogP contribution is 2.54. The third-order valence-corrected chi connectivity index (χ3v) is 22.3. The van der Waals surface area contributed by atoms with Crippen molar-refractivity contribution in [1.29, 1.82) is 0 Å². The number of rotatable bonds is 9. The van der Waals surface area contributed by atoms with Gasteiger partial charge in [0.25, 0.3) is 0 Å². The molecular formula is C60H98. The van der Waals surface area contributed by atoms with E-state index in [1.807, 2.05) is 0 Å². The zero-order chi connectivity index (χ0) is 40.1. The zero-order valence-electron chi connectivity index (χ0n) is 39.7. The lowest BCUT2D eigenvalue weighted by Gasteiger charge is -2.45. The Morgan fingerprint density at radius 3 is 0.850 bits per heavy atom. The molecule has 6 unspecified atom stereocenters. The van der Waals surface area contributed by atoms with Crippen LogP contribution in [0.3, 0.4) is 0 Å². The van der Waals surface area contributed by atoms with Gasteiger partial charge in [-0.25, -0.2) is 0 Å². The van der Waals surface area contributed by atoms with E-state index in [1.165, 1.54) is 128 Å². The van der Waals surface area contributed by atoms with Gasteiger partial charge in [0.05, 0.1) is 0 Å². The van der Waals surface area contributed by atoms with Gasteiger partial charge in [-0.1, -0.05) is 126 Å². The largest absolute Gasteiger partial charge is 0.0816 e. The van der Waals surface area contributed by atoms with E-state index in [2.05, 4.69) is 23.3 Å². The van der Waals surface area contributed by atoms with Crippen molar-refractivity contribution in [2.24, 2.45) is 94.7 Å². The Morgan fingerprint density at radius 2 is 0.500 bits per heavy atom. The smallest absolute Gasteiger partial charge is 0.0169 e. The first-order valence-corrected chi connectivity index (χ1v) is 29.2. The quantitative estimate of drug-likeness (QED) is 0.203. The summed E-state index contributed by atoms with van der Waals surface area (Å²) in [5.41, 5.74) is 4.11. The Kier molecular flexibility index (Phi) is 15.3. The summed E-state index contributed by atoms with van der Waals surface area (Å²) < 4.78 is 0. The van der Waals surface area contributed by atoms with Crippen molar-refractivity contribution < 1.29 is 0 Å². The van der Waals surface area contributed by atoms with Crippen LogP contribution in [-0.2, 0) is 0 Å². The van der Waals surface area contributed by atoms with Crippen molar-refractivity contribution in [3.05, 3.63) is 23.3 Å². The van der Waals surface area contributed by atoms with Crippen LogP contribution < -0.4 is 0 Å². The molecule has 338 valence electrons. The van der Waals surface area contributed by atoms with E-state index in [9.17, 15) is 0 Å². The standard InChI is InChI=1S/C60H98/c1-3-13-53(14-4-1)59(57-23-11-19-51-17-7-9-21-55(51)57)41-43-25-29-45(30-26-43)47-33-37-49(38-34-47)50-39-35-48(36-40-50)46-31-27-44(28-32-46)42-60(54-15-5-2-6-16-54)58-24-12-20-52-18-8-10-22-56(52)58/h41-58H,1-40H2. The highest BCUT2D eigenvalue weighted by atomic mass is 14.5. The summed E-state index contributed by atoms with van der Waals surface area (Å²) in [6.07, 6.45) is 68.1. The second-order valence-corrected chi connectivity index (χ2v) is 25.2. The normalized spacial score (nSPS) is 44.7. The third kappa shape index (κ3) is 10.3. The van der Waals surface area contributed by atoms with Crippen LogP contribution in [0.5, 0.6) is 0 Å². The summed E-state index contributed by atoms with van der Waals surface area (Å²) in [5, 5.41) is 0. The van der Waals surface area contributed by atoms with E-state index < -0.39 is 0 Å². The van der Waals surface area contributed by atoms with E-state index in [1.54, 1.807) is 128 Å². The van der Waals surface area contributed by atoms with Crippen molar-refractivity contribution in [3.8, 4) is 0 Å². The summed E-state index contributed by atoms with van der Waals surface area (Å²) in [7, 11) is 0. The van der Waals surface area contributed by atoms with Crippen molar-refractivity contribution >= 4 is 0 Å². The van der Waals surface area contributed by atoms with Gasteiger partial charge in [-0.15, -0.1) is 0 Å². The lowest BCUT2D eigenvalue weighted by molar-refractivity contribution is 0.0890. The summed E-state index contributed by atoms with van der Waals surface area (Å²) in [6.45, 7) is 0. The molecule has 10 aliphatic carbocycles. The molecule has 0 aromatic rings. The molecule has 0 amide bonds. The minimum absolute atomic E-state index is 0.921. The molecule has 0 aromatic carbocycles. The molecule has 10 fully saturated rings. The maximum absolute atomic E-state index is 3.03. The van der Waals surface area contributed by atoms with Crippen LogP contribution in [0, 0.1) is 94.7 Å². The van der Waals surface area contributed by atoms with Gasteiger partial charge in [0.15, 0.2) is 0 Å². The maximum Gasteiger partial charge on any atom is -0.0169 e. The lowest BCUT2D eigenvalue weighted by atomic mass is 9.60. The molecule has 0 saturated heterocycles. The number of allylic oxidation sites excluding steroid dienone is 4. The first-order chi connectivity index (χ1) is 29.7. The van der Waals surface area contributed by atoms with Crippen LogP contribution in [0.4, 0.5) is 0 Å². The number of hydrogen-bond donors (Lipinski definition) is 0. The van der Waals surface area contributed by atoms with Crippen LogP contribution in [0.2, 0.25) is 0 Å². The van der Waals surface area contributed by atoms with E-state index in [0.29, 0.717) is 0 Å². The molecule has 0 nitrogen and oxygen atoms in total. The molecule has 0 aliphatic heterocycles. The Balaban J connectivity index is 0.671. The summed E-state index contributed by atoms with van der Waals surface area (Å²) in [4.78, 5) is 0. The molecule has 10 rings (SSSR count). The van der Waals surface area contributed by atoms with Crippen molar-refractivity contribution in [2.45, 2.75) is 257 Å². The molecule has 10 saturated carbocycles. The highest BCUT2D eigenvalue weighted by Gasteiger charge is 2.42. The van der Waals surface area contributed by atoms with E-state index >= 15 is 0 Å². The molecule has 0 heteroatoms. The Morgan fingerprint density at radius 1 is 0.217 bits per heavy atom. The summed E-state index contributed by atoms with van der Waals surface area (Å²) in [5.74, 6) is 16.5. The first kappa shape index (κ1) is 43.4. The fourth-order valence-corrected chi connectivity index (χ4v) is 19.0. The minimum atomic E-state index is 0.921. The van der Waals surface area contributed by atoms with Crippen molar-refractivity contribution in [1.82, 2.24) is 0 Å². The van der Waals surface area contributed by atoms with Crippen molar-refractivity contribution in [3.63, 3.8) is 0 Å². The lowest BCUT2D eigenvalue weighted by Crippen LogP contribution is -2.34. The summed E-state index contributed by atoms with van der Waals surface area (Å²) in [6, 6.07) is 0. The van der Waals surface area contributed by atoms with Gasteiger partial charge in [0.2, 0.25) is 0 Å². The average molecular weight is 819 g/mol. The maximum atomic E-state index is 3.03. The van der Waals surface area contributed by atoms with Crippen LogP contribution in [0.1, 0.15) is 257 Å². The highest BCUT2D eigenvalue weighted by molar-refractivity contribution is 5.18. The predicted octanol–water partition coefficient (Wildman–Crippen LogP) is 18.4.